The molecule has 9 nitrogen and oxygen atoms in total. The Balaban J connectivity index is 0.921. The van der Waals surface area contributed by atoms with E-state index < -0.39 is 6.10 Å². The molecule has 0 bridgehead atoms. The fourth-order valence-corrected chi connectivity index (χ4v) is 5.55. The molecule has 0 radical (unpaired) electrons. The van der Waals surface area contributed by atoms with Gasteiger partial charge in [-0.1, -0.05) is 36.4 Å². The van der Waals surface area contributed by atoms with E-state index >= 15 is 0 Å². The van der Waals surface area contributed by atoms with Crippen LogP contribution in [0.2, 0.25) is 0 Å². The van der Waals surface area contributed by atoms with Crippen LogP contribution in [0.15, 0.2) is 60.7 Å². The van der Waals surface area contributed by atoms with Gasteiger partial charge in [0.15, 0.2) is 17.6 Å². The Morgan fingerprint density at radius 1 is 0.846 bits per heavy atom. The standard InChI is InChI=1S/C30H33N3O6/c34-22(18-37-19-23-20-38-26-9-1-2-10-27(26)39-23)17-32-13-11-31(12-14-32)15-16-33-29(35)24-7-3-5-21-6-4-8-25(28(21)24)30(33)36/h1-10,22-23,34H,11-20H2. The van der Waals surface area contributed by atoms with E-state index in [1.54, 1.807) is 12.1 Å². The zero-order valence-corrected chi connectivity index (χ0v) is 21.8. The molecular formula is C30H33N3O6. The van der Waals surface area contributed by atoms with Gasteiger partial charge in [-0.3, -0.25) is 24.3 Å². The van der Waals surface area contributed by atoms with Gasteiger partial charge in [-0.25, -0.2) is 0 Å². The van der Waals surface area contributed by atoms with E-state index in [1.165, 1.54) is 4.90 Å². The second kappa shape index (κ2) is 11.3. The lowest BCUT2D eigenvalue weighted by atomic mass is 9.94. The fourth-order valence-electron chi connectivity index (χ4n) is 5.55. The quantitative estimate of drug-likeness (QED) is 0.421. The van der Waals surface area contributed by atoms with Crippen molar-refractivity contribution in [3.8, 4) is 11.5 Å². The summed E-state index contributed by atoms with van der Waals surface area (Å²) in [6.45, 7) is 5.74. The number of benzene rings is 3. The van der Waals surface area contributed by atoms with Gasteiger partial charge in [0.05, 0.1) is 19.3 Å². The van der Waals surface area contributed by atoms with Gasteiger partial charge < -0.3 is 19.3 Å². The third-order valence-electron chi connectivity index (χ3n) is 7.61. The van der Waals surface area contributed by atoms with E-state index in [0.29, 0.717) is 49.7 Å². The number of hydrogen-bond donors (Lipinski definition) is 1. The first-order valence-corrected chi connectivity index (χ1v) is 13.5. The Morgan fingerprint density at radius 2 is 1.51 bits per heavy atom. The number of rotatable bonds is 9. The number of carbonyl (C=O) groups excluding carboxylic acids is 2. The van der Waals surface area contributed by atoms with Crippen LogP contribution in [0.3, 0.4) is 0 Å². The van der Waals surface area contributed by atoms with Crippen LogP contribution < -0.4 is 9.47 Å². The molecule has 0 aliphatic carbocycles. The third kappa shape index (κ3) is 5.49. The molecule has 3 aromatic carbocycles. The smallest absolute Gasteiger partial charge is 0.261 e. The maximum Gasteiger partial charge on any atom is 0.261 e. The lowest BCUT2D eigenvalue weighted by molar-refractivity contribution is -0.0321. The molecule has 204 valence electrons. The van der Waals surface area contributed by atoms with E-state index in [9.17, 15) is 14.7 Å². The minimum atomic E-state index is -0.597. The van der Waals surface area contributed by atoms with Gasteiger partial charge in [0.2, 0.25) is 0 Å². The van der Waals surface area contributed by atoms with Crippen molar-refractivity contribution in [2.75, 3.05) is 65.6 Å². The Labute approximate surface area is 227 Å². The number of aliphatic hydroxyl groups excluding tert-OH is 1. The summed E-state index contributed by atoms with van der Waals surface area (Å²) in [6, 6.07) is 18.8. The predicted octanol–water partition coefficient (Wildman–Crippen LogP) is 2.27. The third-order valence-corrected chi connectivity index (χ3v) is 7.61. The molecule has 1 fully saturated rings. The highest BCUT2D eigenvalue weighted by molar-refractivity contribution is 6.25. The number of para-hydroxylation sites is 2. The number of amides is 2. The van der Waals surface area contributed by atoms with Gasteiger partial charge in [0, 0.05) is 62.3 Å². The largest absolute Gasteiger partial charge is 0.486 e. The molecular weight excluding hydrogens is 498 g/mol. The molecule has 3 heterocycles. The summed E-state index contributed by atoms with van der Waals surface area (Å²) in [5, 5.41) is 12.2. The molecule has 1 saturated heterocycles. The maximum absolute atomic E-state index is 13.1. The lowest BCUT2D eigenvalue weighted by Gasteiger charge is -2.36. The summed E-state index contributed by atoms with van der Waals surface area (Å²) in [5.74, 6) is 1.01. The number of hydrogen-bond acceptors (Lipinski definition) is 8. The number of carbonyl (C=O) groups is 2. The highest BCUT2D eigenvalue weighted by atomic mass is 16.6. The zero-order valence-electron chi connectivity index (χ0n) is 21.8. The number of β-amino-alcohol motifs (C(OH)–C–C–N with tert-alkyl or cyclic N) is 1. The van der Waals surface area contributed by atoms with Crippen LogP contribution in [-0.4, -0.2) is 109 Å². The van der Waals surface area contributed by atoms with Crippen LogP contribution in [0.4, 0.5) is 0 Å². The van der Waals surface area contributed by atoms with Crippen molar-refractivity contribution in [3.63, 3.8) is 0 Å². The van der Waals surface area contributed by atoms with Crippen LogP contribution >= 0.6 is 0 Å². The lowest BCUT2D eigenvalue weighted by Crippen LogP contribution is -2.51. The highest BCUT2D eigenvalue weighted by Crippen LogP contribution is 2.31. The van der Waals surface area contributed by atoms with Crippen molar-refractivity contribution in [2.45, 2.75) is 12.2 Å². The predicted molar refractivity (Wildman–Crippen MR) is 145 cm³/mol. The van der Waals surface area contributed by atoms with Crippen LogP contribution in [0.1, 0.15) is 20.7 Å². The molecule has 6 rings (SSSR count). The first kappa shape index (κ1) is 25.8. The number of fused-ring (bicyclic) bond motifs is 1. The maximum atomic E-state index is 13.1. The second-order valence-electron chi connectivity index (χ2n) is 10.3. The first-order valence-electron chi connectivity index (χ1n) is 13.5. The van der Waals surface area contributed by atoms with Crippen molar-refractivity contribution < 1.29 is 28.9 Å². The molecule has 2 atom stereocenters. The van der Waals surface area contributed by atoms with E-state index in [1.807, 2.05) is 48.5 Å². The van der Waals surface area contributed by atoms with Crippen LogP contribution in [0.5, 0.6) is 11.5 Å². The number of piperazine rings is 1. The zero-order chi connectivity index (χ0) is 26.8. The Bertz CT molecular complexity index is 1300. The Morgan fingerprint density at radius 3 is 2.23 bits per heavy atom. The molecule has 3 aliphatic heterocycles. The SMILES string of the molecule is O=C1c2cccc3cccc(c23)C(=O)N1CCN1CCN(CC(O)COCC2COc3ccccc3O2)CC1. The van der Waals surface area contributed by atoms with E-state index in [-0.39, 0.29) is 24.5 Å². The number of ether oxygens (including phenoxy) is 3. The molecule has 9 heteroatoms. The molecule has 3 aliphatic rings. The fraction of sp³-hybridized carbons (Fsp3) is 0.400. The van der Waals surface area contributed by atoms with Gasteiger partial charge in [0.1, 0.15) is 6.61 Å². The number of imide groups is 1. The van der Waals surface area contributed by atoms with Gasteiger partial charge in [-0.15, -0.1) is 0 Å². The van der Waals surface area contributed by atoms with Gasteiger partial charge in [-0.05, 0) is 29.7 Å². The molecule has 2 unspecified atom stereocenters. The normalized spacial score (nSPS) is 20.4. The van der Waals surface area contributed by atoms with Gasteiger partial charge in [0.25, 0.3) is 11.8 Å². The minimum Gasteiger partial charge on any atom is -0.486 e. The average Bonchev–Trinajstić information content (AvgIpc) is 2.96. The van der Waals surface area contributed by atoms with Crippen LogP contribution in [0.25, 0.3) is 10.8 Å². The van der Waals surface area contributed by atoms with Gasteiger partial charge in [-0.2, -0.15) is 0 Å². The molecule has 1 N–H and O–H groups in total. The average molecular weight is 532 g/mol. The summed E-state index contributed by atoms with van der Waals surface area (Å²) in [7, 11) is 0. The van der Waals surface area contributed by atoms with Gasteiger partial charge >= 0.3 is 0 Å². The minimum absolute atomic E-state index is 0.198. The number of nitrogens with zero attached hydrogens (tertiary/aromatic N) is 3. The summed E-state index contributed by atoms with van der Waals surface area (Å²) in [5.41, 5.74) is 1.19. The van der Waals surface area contributed by atoms with Crippen molar-refractivity contribution in [1.29, 1.82) is 0 Å². The topological polar surface area (TPSA) is 91.8 Å². The monoisotopic (exact) mass is 531 g/mol. The number of aliphatic hydroxyl groups is 1. The van der Waals surface area contributed by atoms with E-state index in [0.717, 1.165) is 42.7 Å². The Hall–Kier alpha value is -3.50. The van der Waals surface area contributed by atoms with E-state index in [4.69, 9.17) is 14.2 Å². The van der Waals surface area contributed by atoms with Crippen molar-refractivity contribution in [3.05, 3.63) is 71.8 Å². The van der Waals surface area contributed by atoms with Crippen molar-refractivity contribution in [2.24, 2.45) is 0 Å². The summed E-state index contributed by atoms with van der Waals surface area (Å²) < 4.78 is 17.3. The Kier molecular flexibility index (Phi) is 7.47. The highest BCUT2D eigenvalue weighted by Gasteiger charge is 2.33. The first-order chi connectivity index (χ1) is 19.1. The summed E-state index contributed by atoms with van der Waals surface area (Å²) in [6.07, 6.45) is -0.796. The molecule has 0 aromatic heterocycles. The molecule has 0 saturated carbocycles. The molecule has 2 amide bonds. The van der Waals surface area contributed by atoms with Crippen molar-refractivity contribution in [1.82, 2.24) is 14.7 Å². The molecule has 0 spiro atoms. The van der Waals surface area contributed by atoms with Crippen LogP contribution in [-0.2, 0) is 4.74 Å². The molecule has 39 heavy (non-hydrogen) atoms. The summed E-state index contributed by atoms with van der Waals surface area (Å²) in [4.78, 5) is 32.1. The molecule has 3 aromatic rings. The van der Waals surface area contributed by atoms with Crippen LogP contribution in [0, 0.1) is 0 Å². The second-order valence-corrected chi connectivity index (χ2v) is 10.3. The van der Waals surface area contributed by atoms with E-state index in [2.05, 4.69) is 9.80 Å². The van der Waals surface area contributed by atoms with Crippen molar-refractivity contribution >= 4 is 22.6 Å². The summed E-state index contributed by atoms with van der Waals surface area (Å²) >= 11 is 0.